The fourth-order valence-electron chi connectivity index (χ4n) is 6.70. The van der Waals surface area contributed by atoms with Crippen molar-refractivity contribution in [1.29, 1.82) is 0 Å². The number of benzene rings is 2. The van der Waals surface area contributed by atoms with E-state index in [9.17, 15) is 9.59 Å². The molecule has 1 saturated heterocycles. The number of ketones is 1. The molecule has 0 spiro atoms. The van der Waals surface area contributed by atoms with Crippen LogP contribution in [0.25, 0.3) is 33.6 Å². The Kier molecular flexibility index (Phi) is 10.6. The third-order valence-electron chi connectivity index (χ3n) is 9.35. The molecule has 2 fully saturated rings. The number of carbonyl (C=O) groups is 2. The minimum absolute atomic E-state index is 0.144. The molecule has 2 aromatic carbocycles. The van der Waals surface area contributed by atoms with Crippen LogP contribution in [-0.2, 0) is 22.6 Å². The summed E-state index contributed by atoms with van der Waals surface area (Å²) in [7, 11) is 1.63. The van der Waals surface area contributed by atoms with E-state index in [0.29, 0.717) is 59.1 Å². The maximum absolute atomic E-state index is 11.6. The molecule has 47 heavy (non-hydrogen) atoms. The van der Waals surface area contributed by atoms with E-state index in [4.69, 9.17) is 37.9 Å². The van der Waals surface area contributed by atoms with Crippen molar-refractivity contribution >= 4 is 34.9 Å². The second kappa shape index (κ2) is 15.0. The molecule has 2 N–H and O–H groups in total. The Bertz CT molecular complexity index is 1790. The summed E-state index contributed by atoms with van der Waals surface area (Å²) in [6, 6.07) is 20.2. The van der Waals surface area contributed by atoms with Crippen LogP contribution < -0.4 is 15.4 Å². The highest BCUT2D eigenvalue weighted by Gasteiger charge is 2.23. The van der Waals surface area contributed by atoms with E-state index in [0.717, 1.165) is 83.4 Å². The molecular formula is C38H40Cl2N4O3. The van der Waals surface area contributed by atoms with Crippen molar-refractivity contribution in [3.8, 4) is 39.5 Å². The molecule has 2 aliphatic rings. The first-order chi connectivity index (χ1) is 22.8. The second-order valence-corrected chi connectivity index (χ2v) is 13.4. The van der Waals surface area contributed by atoms with Crippen LogP contribution in [0.5, 0.6) is 5.88 Å². The quantitative estimate of drug-likeness (QED) is 0.158. The van der Waals surface area contributed by atoms with Crippen LogP contribution in [0.3, 0.4) is 0 Å². The lowest BCUT2D eigenvalue weighted by Crippen LogP contribution is -2.25. The van der Waals surface area contributed by atoms with Crippen LogP contribution in [0.4, 0.5) is 0 Å². The molecule has 6 rings (SSSR count). The zero-order valence-corrected chi connectivity index (χ0v) is 28.4. The molecule has 4 aromatic rings. The summed E-state index contributed by atoms with van der Waals surface area (Å²) in [6.07, 6.45) is 6.58. The highest BCUT2D eigenvalue weighted by atomic mass is 35.5. The number of amides is 1. The number of methoxy groups -OCH3 is 1. The first-order valence-electron chi connectivity index (χ1n) is 16.4. The Morgan fingerprint density at radius 1 is 0.851 bits per heavy atom. The number of hydrogen-bond donors (Lipinski definition) is 2. The SMILES string of the molecule is COc1nc(-c2cccc(-c3cccc(-c4ccc(CNC[C@@H]5CCC(=O)C5)c(C)n4)c3Cl)c2Cl)ccc1CCC[C@@H]1CCC(=O)N1. The number of pyridine rings is 2. The van der Waals surface area contributed by atoms with Crippen molar-refractivity contribution in [1.82, 2.24) is 20.6 Å². The van der Waals surface area contributed by atoms with Gasteiger partial charge in [-0.3, -0.25) is 14.6 Å². The van der Waals surface area contributed by atoms with E-state index in [-0.39, 0.29) is 11.9 Å². The minimum atomic E-state index is 0.144. The summed E-state index contributed by atoms with van der Waals surface area (Å²) in [4.78, 5) is 32.9. The van der Waals surface area contributed by atoms with Gasteiger partial charge in [0, 0.05) is 65.4 Å². The number of carbonyl (C=O) groups excluding carboxylic acids is 2. The third kappa shape index (κ3) is 7.69. The van der Waals surface area contributed by atoms with Crippen LogP contribution in [0, 0.1) is 12.8 Å². The molecule has 0 radical (unpaired) electrons. The van der Waals surface area contributed by atoms with Gasteiger partial charge in [-0.15, -0.1) is 0 Å². The number of Topliss-reactive ketones (excluding diaryl/α,β-unsaturated/α-hetero) is 1. The molecule has 1 aliphatic carbocycles. The smallest absolute Gasteiger partial charge is 0.220 e. The minimum Gasteiger partial charge on any atom is -0.481 e. The van der Waals surface area contributed by atoms with Crippen LogP contribution in [0.15, 0.2) is 60.7 Å². The number of nitrogens with one attached hydrogen (secondary N) is 2. The van der Waals surface area contributed by atoms with Crippen LogP contribution in [0.1, 0.15) is 61.8 Å². The number of hydrogen-bond acceptors (Lipinski definition) is 6. The Balaban J connectivity index is 1.19. The molecule has 244 valence electrons. The van der Waals surface area contributed by atoms with Crippen molar-refractivity contribution in [2.24, 2.45) is 5.92 Å². The van der Waals surface area contributed by atoms with Crippen molar-refractivity contribution in [2.75, 3.05) is 13.7 Å². The van der Waals surface area contributed by atoms with Crippen molar-refractivity contribution in [2.45, 2.75) is 70.9 Å². The van der Waals surface area contributed by atoms with Crippen molar-refractivity contribution in [3.63, 3.8) is 0 Å². The van der Waals surface area contributed by atoms with Gasteiger partial charge >= 0.3 is 0 Å². The van der Waals surface area contributed by atoms with E-state index in [1.54, 1.807) is 7.11 Å². The summed E-state index contributed by atoms with van der Waals surface area (Å²) in [6.45, 7) is 3.56. The van der Waals surface area contributed by atoms with Gasteiger partial charge in [0.05, 0.1) is 28.5 Å². The van der Waals surface area contributed by atoms with E-state index in [1.807, 2.05) is 61.5 Å². The van der Waals surface area contributed by atoms with Gasteiger partial charge in [0.1, 0.15) is 5.78 Å². The molecule has 0 unspecified atom stereocenters. The van der Waals surface area contributed by atoms with E-state index >= 15 is 0 Å². The van der Waals surface area contributed by atoms with Gasteiger partial charge < -0.3 is 15.4 Å². The Morgan fingerprint density at radius 2 is 1.51 bits per heavy atom. The largest absolute Gasteiger partial charge is 0.481 e. The zero-order valence-electron chi connectivity index (χ0n) is 26.9. The Hall–Kier alpha value is -3.78. The molecule has 2 atom stereocenters. The molecule has 7 nitrogen and oxygen atoms in total. The maximum atomic E-state index is 11.6. The Labute approximate surface area is 286 Å². The van der Waals surface area contributed by atoms with Crippen molar-refractivity contribution in [3.05, 3.63) is 87.5 Å². The Morgan fingerprint density at radius 3 is 2.11 bits per heavy atom. The van der Waals surface area contributed by atoms with E-state index < -0.39 is 0 Å². The summed E-state index contributed by atoms with van der Waals surface area (Å²) in [5.74, 6) is 1.53. The fraction of sp³-hybridized carbons (Fsp3) is 0.368. The molecule has 1 aliphatic heterocycles. The average molecular weight is 672 g/mol. The lowest BCUT2D eigenvalue weighted by molar-refractivity contribution is -0.119. The fourth-order valence-corrected chi connectivity index (χ4v) is 7.35. The zero-order chi connectivity index (χ0) is 32.9. The predicted octanol–water partition coefficient (Wildman–Crippen LogP) is 8.16. The molecule has 3 heterocycles. The lowest BCUT2D eigenvalue weighted by atomic mass is 9.97. The lowest BCUT2D eigenvalue weighted by Gasteiger charge is -2.16. The van der Waals surface area contributed by atoms with Crippen LogP contribution in [0.2, 0.25) is 10.0 Å². The number of rotatable bonds is 12. The molecule has 9 heteroatoms. The first kappa shape index (κ1) is 33.1. The standard InChI is InChI=1S/C38H40Cl2N4O3/c1-23-26(22-41-21-24-12-16-28(45)20-24)14-18-33(42-23)31-10-4-8-29(36(31)39)30-9-5-11-32(37(30)40)34-17-13-25(38(44-34)47-2)6-3-7-27-15-19-35(46)43-27/h4-5,8-11,13-14,17-18,24,27,41H,3,6-7,12,15-16,19-22H2,1-2H3,(H,43,46)/t24-,27-/m1/s1. The van der Waals surface area contributed by atoms with Gasteiger partial charge in [-0.05, 0) is 69.2 Å². The van der Waals surface area contributed by atoms with Crippen LogP contribution in [-0.4, -0.2) is 41.4 Å². The summed E-state index contributed by atoms with van der Waals surface area (Å²) < 4.78 is 5.68. The number of aromatic nitrogens is 2. The van der Waals surface area contributed by atoms with Gasteiger partial charge in [0.25, 0.3) is 0 Å². The van der Waals surface area contributed by atoms with E-state index in [1.165, 1.54) is 0 Å². The third-order valence-corrected chi connectivity index (χ3v) is 10.2. The molecule has 1 amide bonds. The highest BCUT2D eigenvalue weighted by Crippen LogP contribution is 2.42. The summed E-state index contributed by atoms with van der Waals surface area (Å²) >= 11 is 14.2. The van der Waals surface area contributed by atoms with Gasteiger partial charge in [0.15, 0.2) is 0 Å². The van der Waals surface area contributed by atoms with Gasteiger partial charge in [-0.25, -0.2) is 4.98 Å². The normalized spacial score (nSPS) is 17.7. The number of halogens is 2. The van der Waals surface area contributed by atoms with Gasteiger partial charge in [-0.1, -0.05) is 71.7 Å². The van der Waals surface area contributed by atoms with Gasteiger partial charge in [-0.2, -0.15) is 0 Å². The highest BCUT2D eigenvalue weighted by molar-refractivity contribution is 6.39. The second-order valence-electron chi connectivity index (χ2n) is 12.6. The molecule has 0 bridgehead atoms. The van der Waals surface area contributed by atoms with Crippen molar-refractivity contribution < 1.29 is 14.3 Å². The number of ether oxygens (including phenoxy) is 1. The van der Waals surface area contributed by atoms with Crippen LogP contribution >= 0.6 is 23.2 Å². The maximum Gasteiger partial charge on any atom is 0.220 e. The molecule has 2 aromatic heterocycles. The van der Waals surface area contributed by atoms with E-state index in [2.05, 4.69) is 16.7 Å². The average Bonchev–Trinajstić information content (AvgIpc) is 3.69. The van der Waals surface area contributed by atoms with Gasteiger partial charge in [0.2, 0.25) is 11.8 Å². The summed E-state index contributed by atoms with van der Waals surface area (Å²) in [5.41, 5.74) is 7.84. The molecular weight excluding hydrogens is 631 g/mol. The monoisotopic (exact) mass is 670 g/mol. The number of nitrogens with zero attached hydrogens (tertiary/aromatic N) is 2. The molecule has 1 saturated carbocycles. The predicted molar refractivity (Wildman–Crippen MR) is 188 cm³/mol. The number of aryl methyl sites for hydroxylation is 2. The topological polar surface area (TPSA) is 93.2 Å². The first-order valence-corrected chi connectivity index (χ1v) is 17.2. The summed E-state index contributed by atoms with van der Waals surface area (Å²) in [5, 5.41) is 7.68.